The number of aromatic nitrogens is 2. The molecule has 0 saturated carbocycles. The highest BCUT2D eigenvalue weighted by molar-refractivity contribution is 7.99. The molecule has 0 radical (unpaired) electrons. The Morgan fingerprint density at radius 1 is 1.29 bits per heavy atom. The molecule has 106 valence electrons. The number of imidazole rings is 1. The van der Waals surface area contributed by atoms with E-state index >= 15 is 0 Å². The van der Waals surface area contributed by atoms with Gasteiger partial charge < -0.3 is 10.3 Å². The van der Waals surface area contributed by atoms with Crippen LogP contribution in [0.15, 0.2) is 47.4 Å². The monoisotopic (exact) mass is 295 g/mol. The minimum absolute atomic E-state index is 0.380. The van der Waals surface area contributed by atoms with E-state index in [0.29, 0.717) is 12.5 Å². The lowest BCUT2D eigenvalue weighted by Gasteiger charge is -2.10. The van der Waals surface area contributed by atoms with Crippen molar-refractivity contribution >= 4 is 22.8 Å². The van der Waals surface area contributed by atoms with Crippen LogP contribution in [0.5, 0.6) is 0 Å². The van der Waals surface area contributed by atoms with E-state index in [4.69, 9.17) is 10.7 Å². The Kier molecular flexibility index (Phi) is 3.01. The fraction of sp³-hybridized carbons (Fsp3) is 0.235. The van der Waals surface area contributed by atoms with Crippen molar-refractivity contribution in [2.45, 2.75) is 17.4 Å². The van der Waals surface area contributed by atoms with Crippen molar-refractivity contribution in [1.82, 2.24) is 9.55 Å². The second-order valence-corrected chi connectivity index (χ2v) is 6.52. The van der Waals surface area contributed by atoms with E-state index in [1.807, 2.05) is 11.8 Å². The number of fused-ring (bicyclic) bond motifs is 2. The molecule has 0 amide bonds. The summed E-state index contributed by atoms with van der Waals surface area (Å²) in [5.41, 5.74) is 10.5. The predicted octanol–water partition coefficient (Wildman–Crippen LogP) is 3.27. The Labute approximate surface area is 128 Å². The quantitative estimate of drug-likeness (QED) is 0.789. The highest BCUT2D eigenvalue weighted by Gasteiger charge is 2.28. The molecule has 1 aliphatic rings. The molecular formula is C17H17N3S. The van der Waals surface area contributed by atoms with Gasteiger partial charge in [0.25, 0.3) is 0 Å². The van der Waals surface area contributed by atoms with Gasteiger partial charge in [-0.05, 0) is 29.3 Å². The largest absolute Gasteiger partial charge is 0.331 e. The van der Waals surface area contributed by atoms with Gasteiger partial charge in [-0.15, -0.1) is 11.8 Å². The number of hydrogen-bond donors (Lipinski definition) is 1. The Bertz CT molecular complexity index is 822. The third-order valence-corrected chi connectivity index (χ3v) is 5.41. The fourth-order valence-electron chi connectivity index (χ4n) is 3.07. The van der Waals surface area contributed by atoms with Crippen molar-refractivity contribution in [1.29, 1.82) is 0 Å². The molecule has 1 atom stereocenters. The molecule has 1 unspecified atom stereocenters. The first-order valence-corrected chi connectivity index (χ1v) is 8.13. The van der Waals surface area contributed by atoms with Gasteiger partial charge in [-0.1, -0.05) is 24.3 Å². The lowest BCUT2D eigenvalue weighted by molar-refractivity contribution is 0.761. The van der Waals surface area contributed by atoms with E-state index in [1.54, 1.807) is 0 Å². The Balaban J connectivity index is 1.86. The van der Waals surface area contributed by atoms with Crippen LogP contribution >= 0.6 is 11.8 Å². The van der Waals surface area contributed by atoms with Crippen molar-refractivity contribution in [3.8, 4) is 0 Å². The number of benzene rings is 2. The van der Waals surface area contributed by atoms with Crippen LogP contribution < -0.4 is 5.73 Å². The van der Waals surface area contributed by atoms with Gasteiger partial charge in [-0.3, -0.25) is 0 Å². The Morgan fingerprint density at radius 3 is 3.00 bits per heavy atom. The normalized spacial score (nSPS) is 17.3. The first-order chi connectivity index (χ1) is 10.3. The van der Waals surface area contributed by atoms with Crippen LogP contribution in [-0.4, -0.2) is 15.3 Å². The van der Waals surface area contributed by atoms with Gasteiger partial charge in [0, 0.05) is 24.2 Å². The first-order valence-electron chi connectivity index (χ1n) is 7.15. The van der Waals surface area contributed by atoms with Gasteiger partial charge >= 0.3 is 0 Å². The zero-order chi connectivity index (χ0) is 14.4. The summed E-state index contributed by atoms with van der Waals surface area (Å²) in [5, 5.41) is 0. The molecule has 4 rings (SSSR count). The summed E-state index contributed by atoms with van der Waals surface area (Å²) in [7, 11) is 2.11. The summed E-state index contributed by atoms with van der Waals surface area (Å²) < 4.78 is 2.22. The molecule has 4 heteroatoms. The van der Waals surface area contributed by atoms with Crippen molar-refractivity contribution in [3.63, 3.8) is 0 Å². The lowest BCUT2D eigenvalue weighted by atomic mass is 10.0. The van der Waals surface area contributed by atoms with Gasteiger partial charge in [0.2, 0.25) is 0 Å². The van der Waals surface area contributed by atoms with E-state index < -0.39 is 0 Å². The van der Waals surface area contributed by atoms with Crippen LogP contribution in [0.3, 0.4) is 0 Å². The van der Waals surface area contributed by atoms with E-state index in [9.17, 15) is 0 Å². The first kappa shape index (κ1) is 12.9. The van der Waals surface area contributed by atoms with Gasteiger partial charge in [0.05, 0.1) is 17.0 Å². The Morgan fingerprint density at radius 2 is 2.14 bits per heavy atom. The molecule has 3 nitrogen and oxygen atoms in total. The minimum atomic E-state index is 0.380. The molecule has 21 heavy (non-hydrogen) atoms. The van der Waals surface area contributed by atoms with Crippen LogP contribution in [0, 0.1) is 0 Å². The standard InChI is InChI=1S/C17H17N3S/c1-20-15-8-11(9-18)6-7-14(15)19-17(20)13-10-21-16-5-3-2-4-12(13)16/h2-8,13H,9-10,18H2,1H3. The summed E-state index contributed by atoms with van der Waals surface area (Å²) in [6, 6.07) is 15.0. The van der Waals surface area contributed by atoms with E-state index in [2.05, 4.69) is 54.1 Å². The van der Waals surface area contributed by atoms with Crippen molar-refractivity contribution in [2.24, 2.45) is 12.8 Å². The summed E-state index contributed by atoms with van der Waals surface area (Å²) in [6.07, 6.45) is 0. The summed E-state index contributed by atoms with van der Waals surface area (Å²) >= 11 is 1.92. The minimum Gasteiger partial charge on any atom is -0.331 e. The van der Waals surface area contributed by atoms with Crippen molar-refractivity contribution < 1.29 is 0 Å². The molecule has 0 bridgehead atoms. The number of aryl methyl sites for hydroxylation is 1. The smallest absolute Gasteiger partial charge is 0.118 e. The average molecular weight is 295 g/mol. The van der Waals surface area contributed by atoms with Gasteiger partial charge in [-0.25, -0.2) is 4.98 Å². The van der Waals surface area contributed by atoms with Crippen LogP contribution in [-0.2, 0) is 13.6 Å². The van der Waals surface area contributed by atoms with Gasteiger partial charge in [0.1, 0.15) is 5.82 Å². The highest BCUT2D eigenvalue weighted by atomic mass is 32.2. The third-order valence-electron chi connectivity index (χ3n) is 4.23. The van der Waals surface area contributed by atoms with E-state index in [0.717, 1.165) is 22.7 Å². The fourth-order valence-corrected chi connectivity index (χ4v) is 4.30. The molecular weight excluding hydrogens is 278 g/mol. The number of rotatable bonds is 2. The summed E-state index contributed by atoms with van der Waals surface area (Å²) in [6.45, 7) is 0.568. The maximum atomic E-state index is 5.75. The zero-order valence-electron chi connectivity index (χ0n) is 11.9. The average Bonchev–Trinajstić information content (AvgIpc) is 3.08. The van der Waals surface area contributed by atoms with Gasteiger partial charge in [-0.2, -0.15) is 0 Å². The molecule has 0 saturated heterocycles. The molecule has 0 spiro atoms. The molecule has 0 fully saturated rings. The lowest BCUT2D eigenvalue weighted by Crippen LogP contribution is -2.07. The van der Waals surface area contributed by atoms with Crippen LogP contribution in [0.4, 0.5) is 0 Å². The maximum Gasteiger partial charge on any atom is 0.118 e. The van der Waals surface area contributed by atoms with E-state index in [-0.39, 0.29) is 0 Å². The zero-order valence-corrected chi connectivity index (χ0v) is 12.7. The second-order valence-electron chi connectivity index (χ2n) is 5.46. The summed E-state index contributed by atoms with van der Waals surface area (Å²) in [5.74, 6) is 2.60. The highest BCUT2D eigenvalue weighted by Crippen LogP contribution is 2.42. The van der Waals surface area contributed by atoms with Crippen LogP contribution in [0.2, 0.25) is 0 Å². The molecule has 3 aromatic rings. The second kappa shape index (κ2) is 4.90. The topological polar surface area (TPSA) is 43.8 Å². The molecule has 1 aromatic heterocycles. The van der Waals surface area contributed by atoms with Gasteiger partial charge in [0.15, 0.2) is 0 Å². The van der Waals surface area contributed by atoms with E-state index in [1.165, 1.54) is 16.0 Å². The molecule has 1 aliphatic heterocycles. The van der Waals surface area contributed by atoms with Crippen molar-refractivity contribution in [2.75, 3.05) is 5.75 Å². The van der Waals surface area contributed by atoms with Crippen LogP contribution in [0.25, 0.3) is 11.0 Å². The number of nitrogens with zero attached hydrogens (tertiary/aromatic N) is 2. The molecule has 2 aromatic carbocycles. The maximum absolute atomic E-state index is 5.75. The number of thioether (sulfide) groups is 1. The number of nitrogens with two attached hydrogens (primary N) is 1. The number of hydrogen-bond acceptors (Lipinski definition) is 3. The third kappa shape index (κ3) is 1.98. The SMILES string of the molecule is Cn1c(C2CSc3ccccc32)nc2ccc(CN)cc21. The molecule has 0 aliphatic carbocycles. The summed E-state index contributed by atoms with van der Waals surface area (Å²) in [4.78, 5) is 6.26. The predicted molar refractivity (Wildman–Crippen MR) is 87.6 cm³/mol. The molecule has 2 N–H and O–H groups in total. The Hall–Kier alpha value is -1.78. The van der Waals surface area contributed by atoms with Crippen LogP contribution in [0.1, 0.15) is 22.9 Å². The van der Waals surface area contributed by atoms with Crippen molar-refractivity contribution in [3.05, 3.63) is 59.4 Å². The molecule has 2 heterocycles.